The highest BCUT2D eigenvalue weighted by Gasteiger charge is 2.00. The van der Waals surface area contributed by atoms with E-state index in [0.29, 0.717) is 11.5 Å². The van der Waals surface area contributed by atoms with Gasteiger partial charge in [0.25, 0.3) is 0 Å². The van der Waals surface area contributed by atoms with E-state index in [1.54, 1.807) is 12.4 Å². The van der Waals surface area contributed by atoms with Crippen LogP contribution in [0.25, 0.3) is 11.0 Å². The summed E-state index contributed by atoms with van der Waals surface area (Å²) in [6, 6.07) is 9.60. The fourth-order valence-corrected chi connectivity index (χ4v) is 1.70. The molecule has 2 heterocycles. The number of hydrogen-bond acceptors (Lipinski definition) is 5. The average Bonchev–Trinajstić information content (AvgIpc) is 2.90. The number of benzene rings is 1. The van der Waals surface area contributed by atoms with Gasteiger partial charge in [-0.15, -0.1) is 5.10 Å². The lowest BCUT2D eigenvalue weighted by Crippen LogP contribution is -2.14. The van der Waals surface area contributed by atoms with Crippen molar-refractivity contribution in [2.24, 2.45) is 15.9 Å². The molecule has 20 heavy (non-hydrogen) atoms. The Morgan fingerprint density at radius 1 is 1.25 bits per heavy atom. The quantitative estimate of drug-likeness (QED) is 0.445. The maximum absolute atomic E-state index is 5.74. The Kier molecular flexibility index (Phi) is 3.20. The number of nitrogens with two attached hydrogens (primary N) is 1. The molecule has 98 valence electrons. The number of hydrogen-bond donors (Lipinski definition) is 1. The highest BCUT2D eigenvalue weighted by molar-refractivity contribution is 5.95. The standard InChI is InChI=1S/C14H11N5O/c15-14(12-9-16-5-6-17-12)19-18-8-11-7-10-3-1-2-4-13(10)20-11/h1-9H,(H2,15,19). The molecular formula is C14H11N5O. The molecule has 0 bridgehead atoms. The summed E-state index contributed by atoms with van der Waals surface area (Å²) in [5.41, 5.74) is 7.02. The SMILES string of the molecule is N/C(=N\N=Cc1cc2ccccc2o1)c1cnccn1. The third-order valence-electron chi connectivity index (χ3n) is 2.62. The topological polar surface area (TPSA) is 89.7 Å². The summed E-state index contributed by atoms with van der Waals surface area (Å²) in [7, 11) is 0. The van der Waals surface area contributed by atoms with Crippen LogP contribution in [0.3, 0.4) is 0 Å². The molecule has 2 aromatic heterocycles. The van der Waals surface area contributed by atoms with E-state index in [4.69, 9.17) is 10.2 Å². The first-order valence-corrected chi connectivity index (χ1v) is 5.94. The van der Waals surface area contributed by atoms with Crippen LogP contribution in [0.5, 0.6) is 0 Å². The van der Waals surface area contributed by atoms with E-state index in [-0.39, 0.29) is 5.84 Å². The van der Waals surface area contributed by atoms with Gasteiger partial charge < -0.3 is 10.2 Å². The molecule has 0 saturated heterocycles. The fraction of sp³-hybridized carbons (Fsp3) is 0. The van der Waals surface area contributed by atoms with E-state index in [1.165, 1.54) is 12.4 Å². The zero-order chi connectivity index (χ0) is 13.8. The number of fused-ring (bicyclic) bond motifs is 1. The van der Waals surface area contributed by atoms with E-state index in [9.17, 15) is 0 Å². The second-order valence-electron chi connectivity index (χ2n) is 4.01. The minimum atomic E-state index is 0.200. The maximum atomic E-state index is 5.74. The largest absolute Gasteiger partial charge is 0.455 e. The van der Waals surface area contributed by atoms with Crippen LogP contribution in [0.1, 0.15) is 11.5 Å². The summed E-state index contributed by atoms with van der Waals surface area (Å²) < 4.78 is 5.57. The number of para-hydroxylation sites is 1. The van der Waals surface area contributed by atoms with Crippen molar-refractivity contribution < 1.29 is 4.42 Å². The van der Waals surface area contributed by atoms with Crippen LogP contribution in [0, 0.1) is 0 Å². The van der Waals surface area contributed by atoms with E-state index in [0.717, 1.165) is 11.0 Å². The molecule has 0 aliphatic heterocycles. The molecule has 6 heteroatoms. The van der Waals surface area contributed by atoms with Gasteiger partial charge in [-0.1, -0.05) is 18.2 Å². The van der Waals surface area contributed by atoms with Crippen LogP contribution in [0.15, 0.2) is 63.5 Å². The lowest BCUT2D eigenvalue weighted by Gasteiger charge is -1.94. The minimum Gasteiger partial charge on any atom is -0.455 e. The molecule has 3 rings (SSSR count). The zero-order valence-electron chi connectivity index (χ0n) is 10.5. The summed E-state index contributed by atoms with van der Waals surface area (Å²) in [5, 5.41) is 8.76. The van der Waals surface area contributed by atoms with Crippen LogP contribution in [0.4, 0.5) is 0 Å². The number of rotatable bonds is 3. The second-order valence-corrected chi connectivity index (χ2v) is 4.01. The van der Waals surface area contributed by atoms with Crippen LogP contribution >= 0.6 is 0 Å². The third-order valence-corrected chi connectivity index (χ3v) is 2.62. The van der Waals surface area contributed by atoms with E-state index < -0.39 is 0 Å². The number of amidine groups is 1. The minimum absolute atomic E-state index is 0.200. The molecule has 6 nitrogen and oxygen atoms in total. The van der Waals surface area contributed by atoms with Crippen molar-refractivity contribution in [1.29, 1.82) is 0 Å². The van der Waals surface area contributed by atoms with Crippen molar-refractivity contribution in [2.75, 3.05) is 0 Å². The molecular weight excluding hydrogens is 254 g/mol. The third kappa shape index (κ3) is 2.54. The first kappa shape index (κ1) is 12.0. The Morgan fingerprint density at radius 2 is 2.15 bits per heavy atom. The summed E-state index contributed by atoms with van der Waals surface area (Å²) in [6.45, 7) is 0. The molecule has 0 radical (unpaired) electrons. The molecule has 0 atom stereocenters. The van der Waals surface area contributed by atoms with Crippen molar-refractivity contribution in [3.8, 4) is 0 Å². The van der Waals surface area contributed by atoms with Crippen molar-refractivity contribution in [3.05, 3.63) is 60.4 Å². The molecule has 3 aromatic rings. The highest BCUT2D eigenvalue weighted by atomic mass is 16.3. The Morgan fingerprint density at radius 3 is 2.95 bits per heavy atom. The van der Waals surface area contributed by atoms with Gasteiger partial charge >= 0.3 is 0 Å². The molecule has 0 fully saturated rings. The van der Waals surface area contributed by atoms with Crippen LogP contribution in [-0.2, 0) is 0 Å². The van der Waals surface area contributed by atoms with Crippen molar-refractivity contribution in [3.63, 3.8) is 0 Å². The van der Waals surface area contributed by atoms with Gasteiger partial charge in [-0.25, -0.2) is 4.98 Å². The lowest BCUT2D eigenvalue weighted by molar-refractivity contribution is 0.607. The van der Waals surface area contributed by atoms with Gasteiger partial charge in [0.2, 0.25) is 0 Å². The summed E-state index contributed by atoms with van der Waals surface area (Å²) in [6.07, 6.45) is 6.13. The van der Waals surface area contributed by atoms with Crippen LogP contribution < -0.4 is 5.73 Å². The number of nitrogens with zero attached hydrogens (tertiary/aromatic N) is 4. The Labute approximate surface area is 114 Å². The second kappa shape index (κ2) is 5.31. The Balaban J connectivity index is 1.80. The molecule has 0 aliphatic carbocycles. The fourth-order valence-electron chi connectivity index (χ4n) is 1.70. The van der Waals surface area contributed by atoms with Crippen molar-refractivity contribution in [1.82, 2.24) is 9.97 Å². The predicted molar refractivity (Wildman–Crippen MR) is 76.6 cm³/mol. The van der Waals surface area contributed by atoms with Crippen molar-refractivity contribution in [2.45, 2.75) is 0 Å². The normalized spacial score (nSPS) is 12.3. The lowest BCUT2D eigenvalue weighted by atomic mass is 10.2. The summed E-state index contributed by atoms with van der Waals surface area (Å²) in [5.74, 6) is 0.812. The molecule has 0 aliphatic rings. The summed E-state index contributed by atoms with van der Waals surface area (Å²) in [4.78, 5) is 7.93. The van der Waals surface area contributed by atoms with Gasteiger partial charge in [0.05, 0.1) is 12.4 Å². The van der Waals surface area contributed by atoms with Gasteiger partial charge in [0.1, 0.15) is 17.0 Å². The van der Waals surface area contributed by atoms with Crippen LogP contribution in [0.2, 0.25) is 0 Å². The van der Waals surface area contributed by atoms with E-state index >= 15 is 0 Å². The van der Waals surface area contributed by atoms with Crippen LogP contribution in [-0.4, -0.2) is 22.0 Å². The first-order chi connectivity index (χ1) is 9.83. The number of furan rings is 1. The van der Waals surface area contributed by atoms with Gasteiger partial charge in [0, 0.05) is 17.8 Å². The van der Waals surface area contributed by atoms with E-state index in [2.05, 4.69) is 20.2 Å². The highest BCUT2D eigenvalue weighted by Crippen LogP contribution is 2.17. The summed E-state index contributed by atoms with van der Waals surface area (Å²) >= 11 is 0. The molecule has 0 spiro atoms. The zero-order valence-corrected chi connectivity index (χ0v) is 10.5. The Hall–Kier alpha value is -3.02. The predicted octanol–water partition coefficient (Wildman–Crippen LogP) is 1.96. The number of aromatic nitrogens is 2. The first-order valence-electron chi connectivity index (χ1n) is 5.94. The molecule has 0 saturated carbocycles. The van der Waals surface area contributed by atoms with Crippen molar-refractivity contribution >= 4 is 23.0 Å². The molecule has 1 aromatic carbocycles. The molecule has 2 N–H and O–H groups in total. The maximum Gasteiger partial charge on any atom is 0.173 e. The van der Waals surface area contributed by atoms with Gasteiger partial charge in [-0.2, -0.15) is 5.10 Å². The smallest absolute Gasteiger partial charge is 0.173 e. The monoisotopic (exact) mass is 265 g/mol. The molecule has 0 amide bonds. The average molecular weight is 265 g/mol. The van der Waals surface area contributed by atoms with Gasteiger partial charge in [-0.3, -0.25) is 4.98 Å². The van der Waals surface area contributed by atoms with Gasteiger partial charge in [-0.05, 0) is 12.1 Å². The van der Waals surface area contributed by atoms with E-state index in [1.807, 2.05) is 30.3 Å². The van der Waals surface area contributed by atoms with Gasteiger partial charge in [0.15, 0.2) is 5.84 Å². The Bertz CT molecular complexity index is 743. The molecule has 0 unspecified atom stereocenters.